The summed E-state index contributed by atoms with van der Waals surface area (Å²) in [7, 11) is 0. The van der Waals surface area contributed by atoms with Crippen LogP contribution < -0.4 is 5.32 Å². The number of benzene rings is 1. The van der Waals surface area contributed by atoms with E-state index in [1.807, 2.05) is 18.2 Å². The highest BCUT2D eigenvalue weighted by molar-refractivity contribution is 6.31. The molecule has 1 fully saturated rings. The van der Waals surface area contributed by atoms with Crippen LogP contribution in [0.25, 0.3) is 0 Å². The smallest absolute Gasteiger partial charge is 0.307 e. The first-order valence-corrected chi connectivity index (χ1v) is 6.21. The van der Waals surface area contributed by atoms with E-state index in [1.165, 1.54) is 0 Å². The first-order valence-electron chi connectivity index (χ1n) is 5.83. The summed E-state index contributed by atoms with van der Waals surface area (Å²) in [6.07, 6.45) is 1.10. The van der Waals surface area contributed by atoms with Crippen LogP contribution in [0, 0.1) is 11.8 Å². The molecule has 2 rings (SSSR count). The van der Waals surface area contributed by atoms with E-state index < -0.39 is 11.9 Å². The van der Waals surface area contributed by atoms with Crippen molar-refractivity contribution >= 4 is 23.5 Å². The van der Waals surface area contributed by atoms with Crippen LogP contribution in [0.4, 0.5) is 0 Å². The number of carboxylic acids is 1. The standard InChI is InChI=1S/C13H14ClNO3/c14-11-4-2-1-3-8(11)5-6-15-12(16)9-7-10(9)13(17)18/h1-4,9-10H,5-7H2,(H,15,16)(H,17,18)/t9-,10-/m0/s1. The van der Waals surface area contributed by atoms with Gasteiger partial charge in [-0.05, 0) is 24.5 Å². The Hall–Kier alpha value is -1.55. The summed E-state index contributed by atoms with van der Waals surface area (Å²) in [5.41, 5.74) is 0.977. The summed E-state index contributed by atoms with van der Waals surface area (Å²) >= 11 is 5.99. The number of carboxylic acid groups (broad SMARTS) is 1. The normalized spacial score (nSPS) is 21.4. The Bertz CT molecular complexity index is 475. The number of hydrogen-bond acceptors (Lipinski definition) is 2. The van der Waals surface area contributed by atoms with Gasteiger partial charge in [-0.2, -0.15) is 0 Å². The zero-order valence-electron chi connectivity index (χ0n) is 9.73. The molecule has 0 aromatic heterocycles. The van der Waals surface area contributed by atoms with Crippen molar-refractivity contribution in [2.24, 2.45) is 11.8 Å². The minimum absolute atomic E-state index is 0.172. The van der Waals surface area contributed by atoms with Crippen LogP contribution in [0.5, 0.6) is 0 Å². The number of amides is 1. The summed E-state index contributed by atoms with van der Waals surface area (Å²) in [4.78, 5) is 22.2. The Labute approximate surface area is 110 Å². The Balaban J connectivity index is 1.75. The maximum Gasteiger partial charge on any atom is 0.307 e. The monoisotopic (exact) mass is 267 g/mol. The zero-order chi connectivity index (χ0) is 13.1. The summed E-state index contributed by atoms with van der Waals surface area (Å²) in [5.74, 6) is -1.91. The SMILES string of the molecule is O=C(O)[C@H]1C[C@@H]1C(=O)NCCc1ccccc1Cl. The molecule has 1 amide bonds. The maximum absolute atomic E-state index is 11.6. The van der Waals surface area contributed by atoms with E-state index in [0.717, 1.165) is 5.56 Å². The number of rotatable bonds is 5. The molecule has 1 aromatic carbocycles. The van der Waals surface area contributed by atoms with Gasteiger partial charge in [0.15, 0.2) is 0 Å². The van der Waals surface area contributed by atoms with Gasteiger partial charge in [-0.15, -0.1) is 0 Å². The molecule has 0 heterocycles. The molecule has 2 N–H and O–H groups in total. The van der Waals surface area contributed by atoms with E-state index in [0.29, 0.717) is 24.4 Å². The van der Waals surface area contributed by atoms with Crippen LogP contribution >= 0.6 is 11.6 Å². The summed E-state index contributed by atoms with van der Waals surface area (Å²) in [5, 5.41) is 12.1. The second-order valence-corrected chi connectivity index (χ2v) is 4.83. The molecule has 0 aliphatic heterocycles. The molecule has 1 aliphatic rings. The van der Waals surface area contributed by atoms with Crippen molar-refractivity contribution in [2.45, 2.75) is 12.8 Å². The van der Waals surface area contributed by atoms with E-state index in [9.17, 15) is 9.59 Å². The van der Waals surface area contributed by atoms with Gasteiger partial charge in [-0.25, -0.2) is 0 Å². The van der Waals surface area contributed by atoms with Crippen LogP contribution in [-0.2, 0) is 16.0 Å². The molecule has 18 heavy (non-hydrogen) atoms. The quantitative estimate of drug-likeness (QED) is 0.854. The van der Waals surface area contributed by atoms with Crippen molar-refractivity contribution < 1.29 is 14.7 Å². The minimum Gasteiger partial charge on any atom is -0.481 e. The van der Waals surface area contributed by atoms with Gasteiger partial charge < -0.3 is 10.4 Å². The van der Waals surface area contributed by atoms with Gasteiger partial charge in [0.05, 0.1) is 11.8 Å². The average Bonchev–Trinajstić information content (AvgIpc) is 3.11. The molecule has 1 aliphatic carbocycles. The van der Waals surface area contributed by atoms with Gasteiger partial charge in [0.1, 0.15) is 0 Å². The molecule has 1 aromatic rings. The van der Waals surface area contributed by atoms with Crippen molar-refractivity contribution in [3.05, 3.63) is 34.9 Å². The van der Waals surface area contributed by atoms with Crippen molar-refractivity contribution in [3.63, 3.8) is 0 Å². The molecular formula is C13H14ClNO3. The highest BCUT2D eigenvalue weighted by atomic mass is 35.5. The van der Waals surface area contributed by atoms with Crippen LogP contribution in [0.3, 0.4) is 0 Å². The van der Waals surface area contributed by atoms with Crippen molar-refractivity contribution in [1.29, 1.82) is 0 Å². The lowest BCUT2D eigenvalue weighted by molar-refractivity contribution is -0.140. The van der Waals surface area contributed by atoms with Crippen molar-refractivity contribution in [1.82, 2.24) is 5.32 Å². The van der Waals surface area contributed by atoms with Crippen LogP contribution in [-0.4, -0.2) is 23.5 Å². The van der Waals surface area contributed by atoms with E-state index >= 15 is 0 Å². The number of carbonyl (C=O) groups is 2. The van der Waals surface area contributed by atoms with Gasteiger partial charge >= 0.3 is 5.97 Å². The Morgan fingerprint density at radius 3 is 2.67 bits per heavy atom. The van der Waals surface area contributed by atoms with Crippen LogP contribution in [0.15, 0.2) is 24.3 Å². The second kappa shape index (κ2) is 5.40. The third-order valence-electron chi connectivity index (χ3n) is 3.10. The van der Waals surface area contributed by atoms with Crippen LogP contribution in [0.1, 0.15) is 12.0 Å². The number of hydrogen-bond donors (Lipinski definition) is 2. The summed E-state index contributed by atoms with van der Waals surface area (Å²) in [6, 6.07) is 7.46. The van der Waals surface area contributed by atoms with Crippen LogP contribution in [0.2, 0.25) is 5.02 Å². The molecule has 0 saturated heterocycles. The van der Waals surface area contributed by atoms with E-state index in [4.69, 9.17) is 16.7 Å². The van der Waals surface area contributed by atoms with E-state index in [2.05, 4.69) is 5.32 Å². The fourth-order valence-electron chi connectivity index (χ4n) is 1.91. The highest BCUT2D eigenvalue weighted by Crippen LogP contribution is 2.38. The minimum atomic E-state index is -0.888. The Kier molecular flexibility index (Phi) is 3.87. The molecule has 1 saturated carbocycles. The number of aliphatic carboxylic acids is 1. The summed E-state index contributed by atoms with van der Waals surface area (Å²) in [6.45, 7) is 0.478. The lowest BCUT2D eigenvalue weighted by Crippen LogP contribution is -2.28. The number of nitrogens with one attached hydrogen (secondary N) is 1. The largest absolute Gasteiger partial charge is 0.481 e. The predicted octanol–water partition coefficient (Wildman–Crippen LogP) is 1.72. The van der Waals surface area contributed by atoms with Gasteiger partial charge in [0.25, 0.3) is 0 Å². The lowest BCUT2D eigenvalue weighted by atomic mass is 10.1. The fraction of sp³-hybridized carbons (Fsp3) is 0.385. The van der Waals surface area contributed by atoms with Gasteiger partial charge in [-0.3, -0.25) is 9.59 Å². The van der Waals surface area contributed by atoms with Crippen molar-refractivity contribution in [2.75, 3.05) is 6.54 Å². The molecule has 0 bridgehead atoms. The average molecular weight is 268 g/mol. The van der Waals surface area contributed by atoms with Gasteiger partial charge in [0, 0.05) is 11.6 Å². The first kappa shape index (κ1) is 12.9. The Morgan fingerprint density at radius 2 is 2.06 bits per heavy atom. The van der Waals surface area contributed by atoms with E-state index in [1.54, 1.807) is 6.07 Å². The first-order chi connectivity index (χ1) is 8.59. The predicted molar refractivity (Wildman–Crippen MR) is 67.4 cm³/mol. The molecule has 0 spiro atoms. The van der Waals surface area contributed by atoms with E-state index in [-0.39, 0.29) is 11.8 Å². The molecule has 0 radical (unpaired) electrons. The lowest BCUT2D eigenvalue weighted by Gasteiger charge is -2.06. The highest BCUT2D eigenvalue weighted by Gasteiger charge is 2.48. The Morgan fingerprint density at radius 1 is 1.33 bits per heavy atom. The van der Waals surface area contributed by atoms with Gasteiger partial charge in [-0.1, -0.05) is 29.8 Å². The molecule has 0 unspecified atom stereocenters. The molecular weight excluding hydrogens is 254 g/mol. The molecule has 5 heteroatoms. The molecule has 4 nitrogen and oxygen atoms in total. The fourth-order valence-corrected chi connectivity index (χ4v) is 2.14. The zero-order valence-corrected chi connectivity index (χ0v) is 10.5. The third kappa shape index (κ3) is 3.01. The summed E-state index contributed by atoms with van der Waals surface area (Å²) < 4.78 is 0. The number of carbonyl (C=O) groups excluding carboxylic acids is 1. The second-order valence-electron chi connectivity index (χ2n) is 4.42. The van der Waals surface area contributed by atoms with Gasteiger partial charge in [0.2, 0.25) is 5.91 Å². The number of halogens is 1. The molecule has 2 atom stereocenters. The van der Waals surface area contributed by atoms with Crippen molar-refractivity contribution in [3.8, 4) is 0 Å². The third-order valence-corrected chi connectivity index (χ3v) is 3.46. The maximum atomic E-state index is 11.6. The molecule has 96 valence electrons. The topological polar surface area (TPSA) is 66.4 Å².